The third-order valence-electron chi connectivity index (χ3n) is 3.83. The third-order valence-corrected chi connectivity index (χ3v) is 3.83. The first-order chi connectivity index (χ1) is 12.7. The predicted molar refractivity (Wildman–Crippen MR) is 101 cm³/mol. The van der Waals surface area contributed by atoms with Crippen LogP contribution in [0.15, 0.2) is 72.8 Å². The molecule has 0 amide bonds. The maximum absolute atomic E-state index is 13.0. The summed E-state index contributed by atoms with van der Waals surface area (Å²) in [7, 11) is 1.61. The summed E-state index contributed by atoms with van der Waals surface area (Å²) < 4.78 is 24.2. The second-order valence-electron chi connectivity index (χ2n) is 5.74. The molecule has 26 heavy (non-hydrogen) atoms. The van der Waals surface area contributed by atoms with E-state index in [1.54, 1.807) is 19.2 Å². The zero-order valence-corrected chi connectivity index (χ0v) is 14.5. The average Bonchev–Trinajstić information content (AvgIpc) is 2.68. The number of ether oxygens (including phenoxy) is 2. The number of rotatable bonds is 8. The van der Waals surface area contributed by atoms with E-state index >= 15 is 0 Å². The van der Waals surface area contributed by atoms with E-state index < -0.39 is 0 Å². The molecule has 5 heteroatoms. The highest BCUT2D eigenvalue weighted by molar-refractivity contribution is 5.44. The molecular weight excluding hydrogens is 331 g/mol. The number of hydrogen-bond acceptors (Lipinski definition) is 4. The van der Waals surface area contributed by atoms with Gasteiger partial charge in [-0.1, -0.05) is 36.4 Å². The lowest BCUT2D eigenvalue weighted by Gasteiger charge is -2.13. The van der Waals surface area contributed by atoms with Crippen molar-refractivity contribution >= 4 is 5.69 Å². The lowest BCUT2D eigenvalue weighted by Crippen LogP contribution is -2.20. The third kappa shape index (κ3) is 4.97. The summed E-state index contributed by atoms with van der Waals surface area (Å²) in [5.74, 6) is 1.05. The van der Waals surface area contributed by atoms with Crippen molar-refractivity contribution in [1.82, 2.24) is 5.43 Å². The molecule has 0 aliphatic carbocycles. The quantitative estimate of drug-likeness (QED) is 0.585. The minimum absolute atomic E-state index is 0.259. The monoisotopic (exact) mass is 352 g/mol. The van der Waals surface area contributed by atoms with E-state index in [4.69, 9.17) is 9.47 Å². The van der Waals surface area contributed by atoms with E-state index in [-0.39, 0.29) is 5.82 Å². The van der Waals surface area contributed by atoms with Gasteiger partial charge in [0.1, 0.15) is 12.4 Å². The SMILES string of the molecule is COc1ccc(CNNc2ccccc2)cc1OCc1ccc(F)cc1. The van der Waals surface area contributed by atoms with Crippen LogP contribution in [0, 0.1) is 5.82 Å². The van der Waals surface area contributed by atoms with Gasteiger partial charge in [0.2, 0.25) is 0 Å². The lowest BCUT2D eigenvalue weighted by atomic mass is 10.2. The molecule has 0 aromatic heterocycles. The highest BCUT2D eigenvalue weighted by atomic mass is 19.1. The highest BCUT2D eigenvalue weighted by Crippen LogP contribution is 2.29. The molecule has 0 spiro atoms. The zero-order chi connectivity index (χ0) is 18.2. The van der Waals surface area contributed by atoms with Crippen LogP contribution in [0.25, 0.3) is 0 Å². The van der Waals surface area contributed by atoms with Crippen LogP contribution in [0.3, 0.4) is 0 Å². The summed E-state index contributed by atoms with van der Waals surface area (Å²) in [5.41, 5.74) is 9.25. The first kappa shape index (κ1) is 17.8. The van der Waals surface area contributed by atoms with Crippen molar-refractivity contribution in [3.63, 3.8) is 0 Å². The molecule has 0 saturated carbocycles. The van der Waals surface area contributed by atoms with Gasteiger partial charge in [0.15, 0.2) is 11.5 Å². The van der Waals surface area contributed by atoms with Crippen LogP contribution < -0.4 is 20.3 Å². The Morgan fingerprint density at radius 2 is 1.58 bits per heavy atom. The van der Waals surface area contributed by atoms with E-state index in [0.717, 1.165) is 16.8 Å². The maximum atomic E-state index is 13.0. The van der Waals surface area contributed by atoms with Crippen molar-refractivity contribution in [2.24, 2.45) is 0 Å². The summed E-state index contributed by atoms with van der Waals surface area (Å²) in [4.78, 5) is 0. The molecule has 0 radical (unpaired) electrons. The van der Waals surface area contributed by atoms with E-state index in [0.29, 0.717) is 24.7 Å². The summed E-state index contributed by atoms with van der Waals surface area (Å²) in [6, 6.07) is 21.9. The Labute approximate surface area is 152 Å². The molecule has 3 aromatic rings. The first-order valence-corrected chi connectivity index (χ1v) is 8.32. The second-order valence-corrected chi connectivity index (χ2v) is 5.74. The number of methoxy groups -OCH3 is 1. The molecule has 0 fully saturated rings. The van der Waals surface area contributed by atoms with E-state index in [1.807, 2.05) is 48.5 Å². The van der Waals surface area contributed by atoms with E-state index in [9.17, 15) is 4.39 Å². The molecule has 3 aromatic carbocycles. The maximum Gasteiger partial charge on any atom is 0.161 e. The fourth-order valence-corrected chi connectivity index (χ4v) is 2.46. The summed E-state index contributed by atoms with van der Waals surface area (Å²) in [6.07, 6.45) is 0. The number of anilines is 1. The highest BCUT2D eigenvalue weighted by Gasteiger charge is 2.07. The number of hydrazine groups is 1. The smallest absolute Gasteiger partial charge is 0.161 e. The van der Waals surface area contributed by atoms with E-state index in [1.165, 1.54) is 12.1 Å². The normalized spacial score (nSPS) is 10.4. The van der Waals surface area contributed by atoms with Gasteiger partial charge in [-0.2, -0.15) is 0 Å². The Bertz CT molecular complexity index is 823. The number of benzene rings is 3. The molecule has 0 aliphatic heterocycles. The van der Waals surface area contributed by atoms with Crippen LogP contribution in [0.2, 0.25) is 0 Å². The van der Waals surface area contributed by atoms with Crippen LogP contribution in [0.4, 0.5) is 10.1 Å². The van der Waals surface area contributed by atoms with Crippen LogP contribution in [-0.2, 0) is 13.2 Å². The van der Waals surface area contributed by atoms with Gasteiger partial charge >= 0.3 is 0 Å². The zero-order valence-electron chi connectivity index (χ0n) is 14.5. The molecule has 0 heterocycles. The van der Waals surface area contributed by atoms with Crippen molar-refractivity contribution in [3.8, 4) is 11.5 Å². The van der Waals surface area contributed by atoms with Gasteiger partial charge in [0.05, 0.1) is 7.11 Å². The minimum atomic E-state index is -0.259. The number of hydrogen-bond donors (Lipinski definition) is 2. The summed E-state index contributed by atoms with van der Waals surface area (Å²) in [5, 5.41) is 0. The van der Waals surface area contributed by atoms with Crippen molar-refractivity contribution in [1.29, 1.82) is 0 Å². The Balaban J connectivity index is 1.61. The molecule has 3 rings (SSSR count). The average molecular weight is 352 g/mol. The Morgan fingerprint density at radius 1 is 0.846 bits per heavy atom. The Morgan fingerprint density at radius 3 is 2.31 bits per heavy atom. The van der Waals surface area contributed by atoms with Gasteiger partial charge in [-0.3, -0.25) is 0 Å². The molecule has 0 bridgehead atoms. The number of para-hydroxylation sites is 1. The lowest BCUT2D eigenvalue weighted by molar-refractivity contribution is 0.284. The fraction of sp³-hybridized carbons (Fsp3) is 0.143. The fourth-order valence-electron chi connectivity index (χ4n) is 2.46. The molecule has 0 aliphatic rings. The van der Waals surface area contributed by atoms with Gasteiger partial charge in [-0.05, 0) is 47.5 Å². The van der Waals surface area contributed by atoms with E-state index in [2.05, 4.69) is 10.9 Å². The summed E-state index contributed by atoms with van der Waals surface area (Å²) >= 11 is 0. The standard InChI is InChI=1S/C21H21FN2O2/c1-25-20-12-9-17(14-23-24-19-5-3-2-4-6-19)13-21(20)26-15-16-7-10-18(22)11-8-16/h2-13,23-24H,14-15H2,1H3. The van der Waals surface area contributed by atoms with Gasteiger partial charge in [-0.15, -0.1) is 0 Å². The molecular formula is C21H21FN2O2. The van der Waals surface area contributed by atoms with Crippen molar-refractivity contribution < 1.29 is 13.9 Å². The van der Waals surface area contributed by atoms with Crippen LogP contribution in [0.5, 0.6) is 11.5 Å². The molecule has 0 atom stereocenters. The van der Waals surface area contributed by atoms with Gasteiger partial charge in [0, 0.05) is 12.2 Å². The second kappa shape index (κ2) is 8.87. The van der Waals surface area contributed by atoms with Gasteiger partial charge in [-0.25, -0.2) is 9.82 Å². The minimum Gasteiger partial charge on any atom is -0.493 e. The Kier molecular flexibility index (Phi) is 6.06. The van der Waals surface area contributed by atoms with Gasteiger partial charge < -0.3 is 14.9 Å². The molecule has 0 saturated heterocycles. The van der Waals surface area contributed by atoms with Gasteiger partial charge in [0.25, 0.3) is 0 Å². The van der Waals surface area contributed by atoms with Crippen molar-refractivity contribution in [2.45, 2.75) is 13.2 Å². The molecule has 2 N–H and O–H groups in total. The Hall–Kier alpha value is -3.05. The molecule has 134 valence electrons. The number of nitrogens with one attached hydrogen (secondary N) is 2. The van der Waals surface area contributed by atoms with Crippen molar-refractivity contribution in [2.75, 3.05) is 12.5 Å². The number of halogens is 1. The van der Waals surface area contributed by atoms with Crippen LogP contribution >= 0.6 is 0 Å². The predicted octanol–water partition coefficient (Wildman–Crippen LogP) is 4.53. The van der Waals surface area contributed by atoms with Crippen molar-refractivity contribution in [3.05, 3.63) is 89.7 Å². The molecule has 4 nitrogen and oxygen atoms in total. The van der Waals surface area contributed by atoms with Crippen LogP contribution in [0.1, 0.15) is 11.1 Å². The largest absolute Gasteiger partial charge is 0.493 e. The topological polar surface area (TPSA) is 42.5 Å². The first-order valence-electron chi connectivity index (χ1n) is 8.32. The van der Waals surface area contributed by atoms with Crippen LogP contribution in [-0.4, -0.2) is 7.11 Å². The molecule has 0 unspecified atom stereocenters. The summed E-state index contributed by atoms with van der Waals surface area (Å²) in [6.45, 7) is 0.960.